The quantitative estimate of drug-likeness (QED) is 0.640. The first-order valence-corrected chi connectivity index (χ1v) is 7.96. The second kappa shape index (κ2) is 6.71. The molecule has 1 aliphatic rings. The fraction of sp³-hybridized carbons (Fsp3) is 0.429. The van der Waals surface area contributed by atoms with Crippen molar-refractivity contribution in [3.63, 3.8) is 0 Å². The van der Waals surface area contributed by atoms with Crippen LogP contribution in [0, 0.1) is 0 Å². The summed E-state index contributed by atoms with van der Waals surface area (Å²) in [7, 11) is 0. The number of phenolic OH excluding ortho intramolecular Hbond substituents is 1. The Morgan fingerprint density at radius 2 is 2.10 bits per heavy atom. The van der Waals surface area contributed by atoms with Crippen LogP contribution in [0.25, 0.3) is 0 Å². The van der Waals surface area contributed by atoms with Crippen molar-refractivity contribution < 1.29 is 19.8 Å². The van der Waals surface area contributed by atoms with Crippen LogP contribution in [-0.2, 0) is 0 Å². The van der Waals surface area contributed by atoms with Crippen molar-refractivity contribution in [2.75, 3.05) is 11.6 Å². The minimum atomic E-state index is -1.20. The van der Waals surface area contributed by atoms with E-state index in [2.05, 4.69) is 10.6 Å². The number of hydrogen-bond donors (Lipinski definition) is 4. The summed E-state index contributed by atoms with van der Waals surface area (Å²) in [4.78, 5) is 23.1. The number of aromatic hydroxyl groups is 1. The number of aromatic carboxylic acids is 1. The smallest absolute Gasteiger partial charge is 0.337 e. The molecule has 0 aliphatic heterocycles. The number of urea groups is 1. The van der Waals surface area contributed by atoms with E-state index in [1.165, 1.54) is 12.1 Å². The van der Waals surface area contributed by atoms with Crippen molar-refractivity contribution in [2.45, 2.75) is 30.6 Å². The second-order valence-corrected chi connectivity index (χ2v) is 6.02. The summed E-state index contributed by atoms with van der Waals surface area (Å²) in [6.07, 6.45) is 5.10. The molecule has 2 atom stereocenters. The van der Waals surface area contributed by atoms with Crippen LogP contribution in [0.5, 0.6) is 5.75 Å². The Bertz CT molecular complexity index is 550. The molecule has 2 unspecified atom stereocenters. The van der Waals surface area contributed by atoms with Crippen LogP contribution in [0.15, 0.2) is 18.2 Å². The molecule has 0 radical (unpaired) electrons. The maximum Gasteiger partial charge on any atom is 0.337 e. The number of benzene rings is 1. The molecule has 4 N–H and O–H groups in total. The van der Waals surface area contributed by atoms with E-state index in [0.29, 0.717) is 5.25 Å². The molecule has 0 aromatic heterocycles. The lowest BCUT2D eigenvalue weighted by molar-refractivity contribution is 0.0697. The molecular formula is C14H18N2O4S. The first-order chi connectivity index (χ1) is 10.0. The number of carboxylic acid groups (broad SMARTS) is 1. The summed E-state index contributed by atoms with van der Waals surface area (Å²) < 4.78 is 0. The van der Waals surface area contributed by atoms with Crippen molar-refractivity contribution >= 4 is 29.4 Å². The van der Waals surface area contributed by atoms with E-state index in [4.69, 9.17) is 5.11 Å². The van der Waals surface area contributed by atoms with Gasteiger partial charge >= 0.3 is 12.0 Å². The van der Waals surface area contributed by atoms with Crippen LogP contribution in [0.2, 0.25) is 0 Å². The Morgan fingerprint density at radius 3 is 2.76 bits per heavy atom. The van der Waals surface area contributed by atoms with Gasteiger partial charge in [-0.25, -0.2) is 9.59 Å². The van der Waals surface area contributed by atoms with E-state index in [1.54, 1.807) is 11.8 Å². The maximum atomic E-state index is 12.0. The van der Waals surface area contributed by atoms with Gasteiger partial charge < -0.3 is 20.8 Å². The minimum Gasteiger partial charge on any atom is -0.508 e. The molecule has 114 valence electrons. The van der Waals surface area contributed by atoms with Crippen molar-refractivity contribution in [3.8, 4) is 5.75 Å². The number of carbonyl (C=O) groups excluding carboxylic acids is 1. The van der Waals surface area contributed by atoms with Crippen molar-refractivity contribution in [1.82, 2.24) is 5.32 Å². The summed E-state index contributed by atoms with van der Waals surface area (Å²) in [6, 6.07) is 3.50. The molecule has 6 nitrogen and oxygen atoms in total. The Labute approximate surface area is 126 Å². The van der Waals surface area contributed by atoms with Gasteiger partial charge in [-0.3, -0.25) is 0 Å². The average molecular weight is 310 g/mol. The van der Waals surface area contributed by atoms with Crippen molar-refractivity contribution in [2.24, 2.45) is 0 Å². The average Bonchev–Trinajstić information content (AvgIpc) is 2.87. The summed E-state index contributed by atoms with van der Waals surface area (Å²) in [5.41, 5.74) is 0.0227. The van der Waals surface area contributed by atoms with E-state index < -0.39 is 12.0 Å². The lowest BCUT2D eigenvalue weighted by Crippen LogP contribution is -2.41. The maximum absolute atomic E-state index is 12.0. The van der Waals surface area contributed by atoms with Crippen LogP contribution < -0.4 is 10.6 Å². The molecule has 21 heavy (non-hydrogen) atoms. The summed E-state index contributed by atoms with van der Waals surface area (Å²) in [6.45, 7) is 0. The molecule has 1 aromatic rings. The van der Waals surface area contributed by atoms with Gasteiger partial charge in [-0.2, -0.15) is 11.8 Å². The number of rotatable bonds is 4. The van der Waals surface area contributed by atoms with Crippen LogP contribution in [0.3, 0.4) is 0 Å². The van der Waals surface area contributed by atoms with Gasteiger partial charge in [0.1, 0.15) is 5.75 Å². The largest absolute Gasteiger partial charge is 0.508 e. The van der Waals surface area contributed by atoms with Crippen molar-refractivity contribution in [1.29, 1.82) is 0 Å². The van der Waals surface area contributed by atoms with Crippen LogP contribution >= 0.6 is 11.8 Å². The lowest BCUT2D eigenvalue weighted by Gasteiger charge is -2.19. The highest BCUT2D eigenvalue weighted by atomic mass is 32.2. The third-order valence-electron chi connectivity index (χ3n) is 3.55. The molecule has 0 saturated heterocycles. The lowest BCUT2D eigenvalue weighted by atomic mass is 10.1. The Morgan fingerprint density at radius 1 is 1.33 bits per heavy atom. The molecule has 1 aromatic carbocycles. The van der Waals surface area contributed by atoms with Crippen molar-refractivity contribution in [3.05, 3.63) is 23.8 Å². The van der Waals surface area contributed by atoms with Crippen LogP contribution in [0.4, 0.5) is 10.5 Å². The Balaban J connectivity index is 2.04. The standard InChI is InChI=1S/C14H18N2O4S/c1-21-12-4-2-3-11(12)16-14(20)15-10-6-5-8(17)7-9(10)13(18)19/h5-7,11-12,17H,2-4H2,1H3,(H,18,19)(H2,15,16,20). The number of thioether (sulfide) groups is 1. The first kappa shape index (κ1) is 15.5. The summed E-state index contributed by atoms with van der Waals surface area (Å²) in [5, 5.41) is 24.2. The number of nitrogens with one attached hydrogen (secondary N) is 2. The molecule has 1 aliphatic carbocycles. The van der Waals surface area contributed by atoms with E-state index in [9.17, 15) is 14.7 Å². The summed E-state index contributed by atoms with van der Waals surface area (Å²) in [5.74, 6) is -1.36. The summed E-state index contributed by atoms with van der Waals surface area (Å²) >= 11 is 1.73. The fourth-order valence-electron chi connectivity index (χ4n) is 2.52. The third kappa shape index (κ3) is 3.81. The number of hydrogen-bond acceptors (Lipinski definition) is 4. The Kier molecular flexibility index (Phi) is 4.95. The number of amides is 2. The minimum absolute atomic E-state index is 0.102. The van der Waals surface area contributed by atoms with Crippen LogP contribution in [-0.4, -0.2) is 39.8 Å². The van der Waals surface area contributed by atoms with E-state index >= 15 is 0 Å². The Hall–Kier alpha value is -1.89. The highest BCUT2D eigenvalue weighted by Crippen LogP contribution is 2.28. The third-order valence-corrected chi connectivity index (χ3v) is 4.72. The number of carbonyl (C=O) groups is 2. The van der Waals surface area contributed by atoms with E-state index in [1.807, 2.05) is 6.26 Å². The zero-order valence-corrected chi connectivity index (χ0v) is 12.4. The van der Waals surface area contributed by atoms with Gasteiger partial charge in [0.2, 0.25) is 0 Å². The molecule has 1 saturated carbocycles. The van der Waals surface area contributed by atoms with Gasteiger partial charge in [0.05, 0.1) is 11.3 Å². The normalized spacial score (nSPS) is 21.0. The zero-order chi connectivity index (χ0) is 15.4. The zero-order valence-electron chi connectivity index (χ0n) is 11.6. The fourth-order valence-corrected chi connectivity index (χ4v) is 3.45. The predicted octanol–water partition coefficient (Wildman–Crippen LogP) is 2.50. The molecule has 0 bridgehead atoms. The number of phenols is 1. The predicted molar refractivity (Wildman–Crippen MR) is 82.2 cm³/mol. The van der Waals surface area contributed by atoms with Gasteiger partial charge in [-0.15, -0.1) is 0 Å². The monoisotopic (exact) mass is 310 g/mol. The second-order valence-electron chi connectivity index (χ2n) is 4.95. The first-order valence-electron chi connectivity index (χ1n) is 6.68. The molecule has 2 rings (SSSR count). The molecule has 0 heterocycles. The number of carboxylic acids is 1. The SMILES string of the molecule is CSC1CCCC1NC(=O)Nc1ccc(O)cc1C(=O)O. The molecule has 7 heteroatoms. The number of anilines is 1. The molecular weight excluding hydrogens is 292 g/mol. The van der Waals surface area contributed by atoms with Gasteiger partial charge in [0.15, 0.2) is 0 Å². The van der Waals surface area contributed by atoms with E-state index in [-0.39, 0.29) is 23.0 Å². The van der Waals surface area contributed by atoms with Gasteiger partial charge in [0, 0.05) is 11.3 Å². The highest BCUT2D eigenvalue weighted by Gasteiger charge is 2.28. The highest BCUT2D eigenvalue weighted by molar-refractivity contribution is 7.99. The molecule has 2 amide bonds. The van der Waals surface area contributed by atoms with Gasteiger partial charge in [-0.05, 0) is 37.3 Å². The van der Waals surface area contributed by atoms with Gasteiger partial charge in [-0.1, -0.05) is 6.42 Å². The molecule has 0 spiro atoms. The topological polar surface area (TPSA) is 98.7 Å². The van der Waals surface area contributed by atoms with E-state index in [0.717, 1.165) is 25.3 Å². The van der Waals surface area contributed by atoms with Crippen LogP contribution in [0.1, 0.15) is 29.6 Å². The molecule has 1 fully saturated rings. The van der Waals surface area contributed by atoms with Gasteiger partial charge in [0.25, 0.3) is 0 Å².